The van der Waals surface area contributed by atoms with Gasteiger partial charge in [-0.25, -0.2) is 4.98 Å². The fourth-order valence-corrected chi connectivity index (χ4v) is 4.33. The summed E-state index contributed by atoms with van der Waals surface area (Å²) in [6, 6.07) is 11.5. The molecule has 0 radical (unpaired) electrons. The van der Waals surface area contributed by atoms with Crippen LogP contribution >= 0.6 is 11.3 Å². The van der Waals surface area contributed by atoms with Crippen LogP contribution in [-0.2, 0) is 11.2 Å². The van der Waals surface area contributed by atoms with Crippen molar-refractivity contribution in [3.63, 3.8) is 0 Å². The van der Waals surface area contributed by atoms with Crippen LogP contribution in [-0.4, -0.2) is 52.8 Å². The summed E-state index contributed by atoms with van der Waals surface area (Å²) in [6.45, 7) is 6.20. The Kier molecular flexibility index (Phi) is 5.99. The second-order valence-electron chi connectivity index (χ2n) is 7.57. The monoisotopic (exact) mass is 423 g/mol. The Morgan fingerprint density at radius 2 is 1.87 bits per heavy atom. The van der Waals surface area contributed by atoms with Gasteiger partial charge >= 0.3 is 0 Å². The van der Waals surface area contributed by atoms with E-state index in [-0.39, 0.29) is 18.2 Å². The number of thiophene rings is 1. The highest BCUT2D eigenvalue weighted by Crippen LogP contribution is 2.26. The molecule has 0 spiro atoms. The SMILES string of the molecule is Cc1cccc(C(=O)N2CCCN(C(=O)Cc3nc(-c4cccs4)oc3C)CC2)c1. The molecule has 3 aromatic rings. The van der Waals surface area contributed by atoms with E-state index in [1.807, 2.05) is 65.4 Å². The summed E-state index contributed by atoms with van der Waals surface area (Å²) in [6.07, 6.45) is 0.980. The standard InChI is InChI=1S/C23H25N3O3S/c1-16-6-3-7-18(14-16)23(28)26-10-5-9-25(11-12-26)21(27)15-19-17(2)29-22(24-19)20-8-4-13-30-20/h3-4,6-8,13-14H,5,9-12,15H2,1-2H3. The van der Waals surface area contributed by atoms with Crippen LogP contribution in [0, 0.1) is 13.8 Å². The minimum atomic E-state index is 0.0222. The van der Waals surface area contributed by atoms with Gasteiger partial charge in [0.05, 0.1) is 17.0 Å². The number of carbonyl (C=O) groups is 2. The molecule has 0 saturated carbocycles. The van der Waals surface area contributed by atoms with Crippen molar-refractivity contribution in [2.45, 2.75) is 26.7 Å². The molecular weight excluding hydrogens is 398 g/mol. The quantitative estimate of drug-likeness (QED) is 0.638. The molecule has 0 unspecified atom stereocenters. The molecule has 6 nitrogen and oxygen atoms in total. The number of amides is 2. The average Bonchev–Trinajstić information content (AvgIpc) is 3.31. The van der Waals surface area contributed by atoms with E-state index in [4.69, 9.17) is 4.42 Å². The molecule has 2 aromatic heterocycles. The molecule has 30 heavy (non-hydrogen) atoms. The third-order valence-corrected chi connectivity index (χ3v) is 6.20. The van der Waals surface area contributed by atoms with Crippen molar-refractivity contribution in [2.24, 2.45) is 0 Å². The van der Waals surface area contributed by atoms with Crippen LogP contribution in [0.4, 0.5) is 0 Å². The summed E-state index contributed by atoms with van der Waals surface area (Å²) in [7, 11) is 0. The molecule has 1 aliphatic rings. The smallest absolute Gasteiger partial charge is 0.253 e. The minimum absolute atomic E-state index is 0.0222. The first-order chi connectivity index (χ1) is 14.5. The second kappa shape index (κ2) is 8.83. The van der Waals surface area contributed by atoms with Crippen molar-refractivity contribution < 1.29 is 14.0 Å². The lowest BCUT2D eigenvalue weighted by Gasteiger charge is -2.22. The number of aryl methyl sites for hydroxylation is 2. The van der Waals surface area contributed by atoms with E-state index in [0.29, 0.717) is 49.1 Å². The van der Waals surface area contributed by atoms with E-state index in [2.05, 4.69) is 4.98 Å². The van der Waals surface area contributed by atoms with Crippen LogP contribution in [0.25, 0.3) is 10.8 Å². The highest BCUT2D eigenvalue weighted by atomic mass is 32.1. The average molecular weight is 424 g/mol. The van der Waals surface area contributed by atoms with Crippen LogP contribution in [0.2, 0.25) is 0 Å². The summed E-state index contributed by atoms with van der Waals surface area (Å²) in [4.78, 5) is 34.9. The van der Waals surface area contributed by atoms with Gasteiger partial charge in [0.25, 0.3) is 5.91 Å². The molecule has 0 aliphatic carbocycles. The first-order valence-electron chi connectivity index (χ1n) is 10.1. The molecule has 7 heteroatoms. The zero-order valence-electron chi connectivity index (χ0n) is 17.3. The summed E-state index contributed by atoms with van der Waals surface area (Å²) in [5.41, 5.74) is 2.45. The number of oxazole rings is 1. The Labute approximate surface area is 180 Å². The van der Waals surface area contributed by atoms with E-state index < -0.39 is 0 Å². The largest absolute Gasteiger partial charge is 0.440 e. The first-order valence-corrected chi connectivity index (χ1v) is 11.0. The highest BCUT2D eigenvalue weighted by molar-refractivity contribution is 7.13. The lowest BCUT2D eigenvalue weighted by Crippen LogP contribution is -2.38. The van der Waals surface area contributed by atoms with E-state index in [9.17, 15) is 9.59 Å². The van der Waals surface area contributed by atoms with Gasteiger partial charge in [-0.1, -0.05) is 23.8 Å². The summed E-state index contributed by atoms with van der Waals surface area (Å²) >= 11 is 1.56. The van der Waals surface area contributed by atoms with Gasteiger partial charge in [0.15, 0.2) is 0 Å². The minimum Gasteiger partial charge on any atom is -0.440 e. The Bertz CT molecular complexity index is 1040. The third-order valence-electron chi connectivity index (χ3n) is 5.34. The molecule has 4 rings (SSSR count). The molecule has 0 bridgehead atoms. The Morgan fingerprint density at radius 3 is 2.63 bits per heavy atom. The molecule has 0 N–H and O–H groups in total. The molecule has 156 valence electrons. The number of hydrogen-bond acceptors (Lipinski definition) is 5. The number of carbonyl (C=O) groups excluding carboxylic acids is 2. The van der Waals surface area contributed by atoms with Crippen molar-refractivity contribution in [1.29, 1.82) is 0 Å². The van der Waals surface area contributed by atoms with E-state index >= 15 is 0 Å². The van der Waals surface area contributed by atoms with Gasteiger partial charge in [-0.05, 0) is 43.8 Å². The summed E-state index contributed by atoms with van der Waals surface area (Å²) in [5, 5.41) is 1.97. The number of benzene rings is 1. The van der Waals surface area contributed by atoms with Crippen molar-refractivity contribution in [3.05, 3.63) is 64.4 Å². The Balaban J connectivity index is 1.39. The molecule has 3 heterocycles. The van der Waals surface area contributed by atoms with Crippen molar-refractivity contribution in [2.75, 3.05) is 26.2 Å². The second-order valence-corrected chi connectivity index (χ2v) is 8.52. The zero-order valence-corrected chi connectivity index (χ0v) is 18.1. The maximum atomic E-state index is 12.9. The first kappa shape index (κ1) is 20.3. The normalized spacial score (nSPS) is 14.6. The van der Waals surface area contributed by atoms with Crippen LogP contribution < -0.4 is 0 Å². The Morgan fingerprint density at radius 1 is 1.07 bits per heavy atom. The number of rotatable bonds is 4. The number of hydrogen-bond donors (Lipinski definition) is 0. The van der Waals surface area contributed by atoms with Crippen LogP contribution in [0.1, 0.15) is 33.8 Å². The maximum Gasteiger partial charge on any atom is 0.253 e. The Hall–Kier alpha value is -2.93. The predicted octanol–water partition coefficient (Wildman–Crippen LogP) is 3.94. The van der Waals surface area contributed by atoms with E-state index in [1.165, 1.54) is 0 Å². The molecular formula is C23H25N3O3S. The van der Waals surface area contributed by atoms with Crippen molar-refractivity contribution >= 4 is 23.2 Å². The van der Waals surface area contributed by atoms with Crippen molar-refractivity contribution in [1.82, 2.24) is 14.8 Å². The summed E-state index contributed by atoms with van der Waals surface area (Å²) < 4.78 is 5.75. The van der Waals surface area contributed by atoms with E-state index in [1.54, 1.807) is 11.3 Å². The van der Waals surface area contributed by atoms with Crippen molar-refractivity contribution in [3.8, 4) is 10.8 Å². The molecule has 0 atom stereocenters. The van der Waals surface area contributed by atoms with Crippen LogP contribution in [0.5, 0.6) is 0 Å². The molecule has 1 saturated heterocycles. The fourth-order valence-electron chi connectivity index (χ4n) is 3.68. The van der Waals surface area contributed by atoms with Gasteiger partial charge < -0.3 is 14.2 Å². The number of aromatic nitrogens is 1. The zero-order chi connectivity index (χ0) is 21.1. The van der Waals surface area contributed by atoms with Gasteiger partial charge in [-0.15, -0.1) is 11.3 Å². The topological polar surface area (TPSA) is 66.7 Å². The lowest BCUT2D eigenvalue weighted by molar-refractivity contribution is -0.130. The van der Waals surface area contributed by atoms with Gasteiger partial charge in [0.2, 0.25) is 11.8 Å². The highest BCUT2D eigenvalue weighted by Gasteiger charge is 2.24. The lowest BCUT2D eigenvalue weighted by atomic mass is 10.1. The van der Waals surface area contributed by atoms with Gasteiger partial charge in [-0.2, -0.15) is 0 Å². The van der Waals surface area contributed by atoms with Gasteiger partial charge in [0.1, 0.15) is 5.76 Å². The third kappa shape index (κ3) is 4.46. The predicted molar refractivity (Wildman–Crippen MR) is 117 cm³/mol. The number of nitrogens with zero attached hydrogens (tertiary/aromatic N) is 3. The van der Waals surface area contributed by atoms with E-state index in [0.717, 1.165) is 16.9 Å². The van der Waals surface area contributed by atoms with Crippen LogP contribution in [0.15, 0.2) is 46.2 Å². The van der Waals surface area contributed by atoms with Crippen LogP contribution in [0.3, 0.4) is 0 Å². The summed E-state index contributed by atoms with van der Waals surface area (Å²) in [5.74, 6) is 1.30. The molecule has 1 fully saturated rings. The molecule has 1 aromatic carbocycles. The maximum absolute atomic E-state index is 12.9. The molecule has 1 aliphatic heterocycles. The van der Waals surface area contributed by atoms with Gasteiger partial charge in [0, 0.05) is 31.7 Å². The fraction of sp³-hybridized carbons (Fsp3) is 0.348. The van der Waals surface area contributed by atoms with Gasteiger partial charge in [-0.3, -0.25) is 9.59 Å². The molecule has 2 amide bonds.